The first kappa shape index (κ1) is 14.8. The van der Waals surface area contributed by atoms with Gasteiger partial charge < -0.3 is 14.7 Å². The number of carbonyl (C=O) groups is 1. The maximum absolute atomic E-state index is 11.4. The van der Waals surface area contributed by atoms with E-state index in [-0.39, 0.29) is 6.61 Å². The van der Waals surface area contributed by atoms with E-state index >= 15 is 0 Å². The van der Waals surface area contributed by atoms with Gasteiger partial charge in [-0.25, -0.2) is 9.78 Å². The first-order valence-corrected chi connectivity index (χ1v) is 8.51. The fraction of sp³-hybridized carbons (Fsp3) is 0.733. The van der Waals surface area contributed by atoms with Gasteiger partial charge >= 0.3 is 5.97 Å². The zero-order chi connectivity index (χ0) is 14.8. The highest BCUT2D eigenvalue weighted by Gasteiger charge is 2.35. The Morgan fingerprint density at radius 2 is 2.14 bits per heavy atom. The Balaban J connectivity index is 1.88. The molecule has 2 fully saturated rings. The van der Waals surface area contributed by atoms with Crippen molar-refractivity contribution in [3.63, 3.8) is 0 Å². The number of hydrogen-bond donors (Lipinski definition) is 1. The maximum Gasteiger partial charge on any atom is 0.347 e. The van der Waals surface area contributed by atoms with Gasteiger partial charge in [0.05, 0.1) is 12.3 Å². The molecule has 3 rings (SSSR count). The molecular weight excluding hydrogens is 288 g/mol. The molecule has 0 aromatic carbocycles. The van der Waals surface area contributed by atoms with Gasteiger partial charge in [-0.15, -0.1) is 0 Å². The predicted octanol–water partition coefficient (Wildman–Crippen LogP) is 3.15. The SMILES string of the molecule is COCc1nc(N2CCCC3CCCCC32)sc1C(=O)O. The first-order valence-electron chi connectivity index (χ1n) is 7.69. The summed E-state index contributed by atoms with van der Waals surface area (Å²) in [5, 5.41) is 10.2. The average Bonchev–Trinajstić information content (AvgIpc) is 2.91. The lowest BCUT2D eigenvalue weighted by Gasteiger charge is -2.44. The fourth-order valence-corrected chi connectivity index (χ4v) is 4.72. The highest BCUT2D eigenvalue weighted by atomic mass is 32.1. The fourth-order valence-electron chi connectivity index (χ4n) is 3.73. The highest BCUT2D eigenvalue weighted by molar-refractivity contribution is 7.17. The molecule has 0 radical (unpaired) electrons. The Bertz CT molecular complexity index is 515. The van der Waals surface area contributed by atoms with E-state index in [0.29, 0.717) is 16.6 Å². The first-order chi connectivity index (χ1) is 10.2. The summed E-state index contributed by atoms with van der Waals surface area (Å²) in [4.78, 5) is 18.6. The van der Waals surface area contributed by atoms with Gasteiger partial charge in [-0.1, -0.05) is 24.2 Å². The van der Waals surface area contributed by atoms with E-state index in [1.54, 1.807) is 7.11 Å². The second kappa shape index (κ2) is 6.32. The van der Waals surface area contributed by atoms with Gasteiger partial charge in [-0.2, -0.15) is 0 Å². The van der Waals surface area contributed by atoms with E-state index in [1.165, 1.54) is 49.9 Å². The summed E-state index contributed by atoms with van der Waals surface area (Å²) in [6, 6.07) is 0.552. The van der Waals surface area contributed by atoms with Crippen molar-refractivity contribution in [3.8, 4) is 0 Å². The Kier molecular flexibility index (Phi) is 4.45. The number of thiazole rings is 1. The second-order valence-corrected chi connectivity index (χ2v) is 6.94. The minimum Gasteiger partial charge on any atom is -0.477 e. The van der Waals surface area contributed by atoms with E-state index < -0.39 is 5.97 Å². The molecule has 2 aliphatic rings. The Morgan fingerprint density at radius 3 is 2.90 bits per heavy atom. The van der Waals surface area contributed by atoms with Gasteiger partial charge in [0.1, 0.15) is 4.88 Å². The zero-order valence-corrected chi connectivity index (χ0v) is 13.2. The molecule has 21 heavy (non-hydrogen) atoms. The normalized spacial score (nSPS) is 25.7. The molecule has 0 amide bonds. The third-order valence-corrected chi connectivity index (χ3v) is 5.77. The number of methoxy groups -OCH3 is 1. The quantitative estimate of drug-likeness (QED) is 0.925. The summed E-state index contributed by atoms with van der Waals surface area (Å²) in [7, 11) is 1.57. The van der Waals surface area contributed by atoms with Crippen molar-refractivity contribution in [1.29, 1.82) is 0 Å². The number of nitrogens with zero attached hydrogens (tertiary/aromatic N) is 2. The van der Waals surface area contributed by atoms with Crippen LogP contribution in [0.15, 0.2) is 0 Å². The summed E-state index contributed by atoms with van der Waals surface area (Å²) in [6.07, 6.45) is 7.63. The van der Waals surface area contributed by atoms with Crippen molar-refractivity contribution >= 4 is 22.4 Å². The van der Waals surface area contributed by atoms with Crippen LogP contribution in [0.5, 0.6) is 0 Å². The molecule has 1 saturated carbocycles. The molecule has 1 aliphatic heterocycles. The largest absolute Gasteiger partial charge is 0.477 e. The summed E-state index contributed by atoms with van der Waals surface area (Å²) in [6.45, 7) is 1.26. The molecule has 2 unspecified atom stereocenters. The van der Waals surface area contributed by atoms with Gasteiger partial charge in [-0.05, 0) is 31.6 Å². The lowest BCUT2D eigenvalue weighted by molar-refractivity contribution is 0.0697. The molecule has 1 aromatic heterocycles. The standard InChI is InChI=1S/C15H22N2O3S/c1-20-9-11-13(14(18)19)21-15(16-11)17-8-4-6-10-5-2-3-7-12(10)17/h10,12H,2-9H2,1H3,(H,18,19). The molecule has 5 nitrogen and oxygen atoms in total. The highest BCUT2D eigenvalue weighted by Crippen LogP contribution is 2.39. The van der Waals surface area contributed by atoms with Crippen molar-refractivity contribution in [2.45, 2.75) is 51.2 Å². The number of aromatic nitrogens is 1. The van der Waals surface area contributed by atoms with Crippen LogP contribution in [0.3, 0.4) is 0 Å². The van der Waals surface area contributed by atoms with Crippen molar-refractivity contribution in [2.24, 2.45) is 5.92 Å². The number of fused-ring (bicyclic) bond motifs is 1. The van der Waals surface area contributed by atoms with E-state index in [4.69, 9.17) is 4.74 Å². The molecule has 2 atom stereocenters. The molecule has 1 saturated heterocycles. The van der Waals surface area contributed by atoms with E-state index in [0.717, 1.165) is 17.6 Å². The summed E-state index contributed by atoms with van der Waals surface area (Å²) >= 11 is 1.31. The number of carboxylic acids is 1. The number of carboxylic acid groups (broad SMARTS) is 1. The minimum atomic E-state index is -0.900. The lowest BCUT2D eigenvalue weighted by atomic mass is 9.78. The van der Waals surface area contributed by atoms with Crippen LogP contribution in [0.25, 0.3) is 0 Å². The molecule has 0 spiro atoms. The zero-order valence-electron chi connectivity index (χ0n) is 12.4. The molecular formula is C15H22N2O3S. The predicted molar refractivity (Wildman–Crippen MR) is 82.1 cm³/mol. The number of rotatable bonds is 4. The number of piperidine rings is 1. The van der Waals surface area contributed by atoms with E-state index in [2.05, 4.69) is 9.88 Å². The second-order valence-electron chi connectivity index (χ2n) is 5.96. The van der Waals surface area contributed by atoms with Gasteiger partial charge in [0.2, 0.25) is 0 Å². The van der Waals surface area contributed by atoms with Crippen LogP contribution in [0.1, 0.15) is 53.9 Å². The van der Waals surface area contributed by atoms with Crippen LogP contribution in [0.2, 0.25) is 0 Å². The molecule has 6 heteroatoms. The summed E-state index contributed by atoms with van der Waals surface area (Å²) < 4.78 is 5.09. The Morgan fingerprint density at radius 1 is 1.38 bits per heavy atom. The van der Waals surface area contributed by atoms with Crippen molar-refractivity contribution < 1.29 is 14.6 Å². The van der Waals surface area contributed by atoms with Crippen LogP contribution in [0.4, 0.5) is 5.13 Å². The smallest absolute Gasteiger partial charge is 0.347 e. The van der Waals surface area contributed by atoms with E-state index in [1.807, 2.05) is 0 Å². The van der Waals surface area contributed by atoms with E-state index in [9.17, 15) is 9.90 Å². The van der Waals surface area contributed by atoms with Gasteiger partial charge in [0, 0.05) is 19.7 Å². The van der Waals surface area contributed by atoms with Crippen molar-refractivity contribution in [2.75, 3.05) is 18.6 Å². The number of ether oxygens (including phenoxy) is 1. The molecule has 116 valence electrons. The average molecular weight is 310 g/mol. The van der Waals surface area contributed by atoms with Crippen molar-refractivity contribution in [3.05, 3.63) is 10.6 Å². The lowest BCUT2D eigenvalue weighted by Crippen LogP contribution is -2.46. The maximum atomic E-state index is 11.4. The third-order valence-electron chi connectivity index (χ3n) is 4.65. The number of aromatic carboxylic acids is 1. The molecule has 0 bridgehead atoms. The van der Waals surface area contributed by atoms with Gasteiger partial charge in [-0.3, -0.25) is 0 Å². The Hall–Kier alpha value is -1.14. The molecule has 1 N–H and O–H groups in total. The molecule has 1 aromatic rings. The molecule has 2 heterocycles. The van der Waals surface area contributed by atoms with Gasteiger partial charge in [0.25, 0.3) is 0 Å². The number of anilines is 1. The van der Waals surface area contributed by atoms with Crippen LogP contribution in [0, 0.1) is 5.92 Å². The van der Waals surface area contributed by atoms with Crippen LogP contribution in [-0.4, -0.2) is 35.8 Å². The minimum absolute atomic E-state index is 0.264. The van der Waals surface area contributed by atoms with Crippen molar-refractivity contribution in [1.82, 2.24) is 4.98 Å². The van der Waals surface area contributed by atoms with Gasteiger partial charge in [0.15, 0.2) is 5.13 Å². The monoisotopic (exact) mass is 310 g/mol. The topological polar surface area (TPSA) is 62.7 Å². The summed E-state index contributed by atoms with van der Waals surface area (Å²) in [5.41, 5.74) is 0.558. The molecule has 1 aliphatic carbocycles. The number of hydrogen-bond acceptors (Lipinski definition) is 5. The van der Waals surface area contributed by atoms with Crippen LogP contribution in [-0.2, 0) is 11.3 Å². The summed E-state index contributed by atoms with van der Waals surface area (Å²) in [5.74, 6) is -0.140. The van der Waals surface area contributed by atoms with Crippen LogP contribution < -0.4 is 4.90 Å². The Labute approximate surface area is 128 Å². The third kappa shape index (κ3) is 2.92. The van der Waals surface area contributed by atoms with Crippen LogP contribution >= 0.6 is 11.3 Å².